The first-order chi connectivity index (χ1) is 16.9. The van der Waals surface area contributed by atoms with Crippen molar-refractivity contribution >= 4 is 33.1 Å². The van der Waals surface area contributed by atoms with Crippen molar-refractivity contribution in [3.05, 3.63) is 93.3 Å². The maximum Gasteiger partial charge on any atom is 0.276 e. The fraction of sp³-hybridized carbons (Fsp3) is 0.250. The molecule has 5 rings (SSSR count). The van der Waals surface area contributed by atoms with Crippen LogP contribution in [0.15, 0.2) is 65.7 Å². The molecule has 0 atom stereocenters. The summed E-state index contributed by atoms with van der Waals surface area (Å²) in [5.41, 5.74) is 4.22. The van der Waals surface area contributed by atoms with E-state index >= 15 is 0 Å². The van der Waals surface area contributed by atoms with Gasteiger partial charge >= 0.3 is 0 Å². The van der Waals surface area contributed by atoms with Crippen molar-refractivity contribution in [1.82, 2.24) is 19.3 Å². The molecule has 7 heteroatoms. The summed E-state index contributed by atoms with van der Waals surface area (Å²) >= 11 is 6.37. The predicted molar refractivity (Wildman–Crippen MR) is 141 cm³/mol. The molecule has 0 spiro atoms. The zero-order valence-corrected chi connectivity index (χ0v) is 20.8. The number of aliphatic hydroxyl groups excluding tert-OH is 1. The van der Waals surface area contributed by atoms with E-state index in [4.69, 9.17) is 11.6 Å². The van der Waals surface area contributed by atoms with E-state index in [1.165, 1.54) is 4.68 Å². The van der Waals surface area contributed by atoms with Crippen LogP contribution in [0.5, 0.6) is 0 Å². The van der Waals surface area contributed by atoms with E-state index in [1.807, 2.05) is 54.7 Å². The molecule has 0 aliphatic rings. The molecule has 0 bridgehead atoms. The minimum Gasteiger partial charge on any atom is -0.392 e. The highest BCUT2D eigenvalue weighted by molar-refractivity contribution is 6.34. The number of hydrogen-bond acceptors (Lipinski definition) is 4. The first-order valence-electron chi connectivity index (χ1n) is 11.7. The normalized spacial score (nSPS) is 11.7. The second-order valence-electron chi connectivity index (χ2n) is 9.35. The van der Waals surface area contributed by atoms with E-state index in [-0.39, 0.29) is 12.2 Å². The van der Waals surface area contributed by atoms with Gasteiger partial charge in [-0.1, -0.05) is 67.9 Å². The van der Waals surface area contributed by atoms with Crippen LogP contribution < -0.4 is 5.56 Å². The van der Waals surface area contributed by atoms with Crippen molar-refractivity contribution in [3.63, 3.8) is 0 Å². The Labute approximate surface area is 208 Å². The third-order valence-corrected chi connectivity index (χ3v) is 6.62. The number of pyridine rings is 1. The largest absolute Gasteiger partial charge is 0.392 e. The third kappa shape index (κ3) is 4.24. The average Bonchev–Trinajstić information content (AvgIpc) is 3.23. The number of hydrogen-bond donors (Lipinski definition) is 1. The van der Waals surface area contributed by atoms with E-state index in [1.54, 1.807) is 13.2 Å². The van der Waals surface area contributed by atoms with E-state index < -0.39 is 0 Å². The summed E-state index contributed by atoms with van der Waals surface area (Å²) < 4.78 is 3.54. The molecule has 0 aliphatic carbocycles. The van der Waals surface area contributed by atoms with Crippen LogP contribution >= 0.6 is 11.6 Å². The van der Waals surface area contributed by atoms with Gasteiger partial charge in [0.25, 0.3) is 5.56 Å². The van der Waals surface area contributed by atoms with Gasteiger partial charge in [-0.2, -0.15) is 5.10 Å². The second-order valence-corrected chi connectivity index (χ2v) is 9.70. The summed E-state index contributed by atoms with van der Waals surface area (Å²) in [5.74, 6) is 0.386. The van der Waals surface area contributed by atoms with Gasteiger partial charge in [0.1, 0.15) is 5.15 Å². The first-order valence-corrected chi connectivity index (χ1v) is 12.1. The Morgan fingerprint density at radius 2 is 1.83 bits per heavy atom. The lowest BCUT2D eigenvalue weighted by molar-refractivity contribution is 0.282. The number of aryl methyl sites for hydroxylation is 1. The summed E-state index contributed by atoms with van der Waals surface area (Å²) in [5, 5.41) is 18.3. The zero-order valence-electron chi connectivity index (χ0n) is 20.0. The Morgan fingerprint density at radius 3 is 2.57 bits per heavy atom. The first kappa shape index (κ1) is 23.3. The quantitative estimate of drug-likeness (QED) is 0.329. The van der Waals surface area contributed by atoms with Gasteiger partial charge in [0, 0.05) is 36.8 Å². The van der Waals surface area contributed by atoms with Crippen LogP contribution in [0.3, 0.4) is 0 Å². The molecule has 0 saturated heterocycles. The van der Waals surface area contributed by atoms with Gasteiger partial charge in [0.05, 0.1) is 23.4 Å². The van der Waals surface area contributed by atoms with Crippen molar-refractivity contribution < 1.29 is 5.11 Å². The number of benzene rings is 2. The number of aromatic nitrogens is 4. The molecule has 1 N–H and O–H groups in total. The third-order valence-electron chi connectivity index (χ3n) is 6.32. The SMILES string of the molecule is CC(C)Cc1nn(C)c(=O)c2c(-c3cccc(CO)c3)n(Cc3cnc(Cl)c4ccccc34)cc12. The summed E-state index contributed by atoms with van der Waals surface area (Å²) in [6.07, 6.45) is 4.59. The molecule has 0 amide bonds. The van der Waals surface area contributed by atoms with Gasteiger partial charge in [0.15, 0.2) is 0 Å². The van der Waals surface area contributed by atoms with Gasteiger partial charge in [-0.25, -0.2) is 9.67 Å². The lowest BCUT2D eigenvalue weighted by atomic mass is 10.0. The van der Waals surface area contributed by atoms with E-state index in [9.17, 15) is 9.90 Å². The molecule has 0 fully saturated rings. The van der Waals surface area contributed by atoms with Crippen LogP contribution in [0.2, 0.25) is 5.15 Å². The fourth-order valence-electron chi connectivity index (χ4n) is 4.75. The molecule has 0 aliphatic heterocycles. The predicted octanol–water partition coefficient (Wildman–Crippen LogP) is 5.34. The smallest absolute Gasteiger partial charge is 0.276 e. The molecule has 178 valence electrons. The maximum absolute atomic E-state index is 13.4. The van der Waals surface area contributed by atoms with E-state index in [2.05, 4.69) is 28.5 Å². The minimum atomic E-state index is -0.144. The molecule has 35 heavy (non-hydrogen) atoms. The number of aliphatic hydroxyl groups is 1. The van der Waals surface area contributed by atoms with Crippen LogP contribution in [0.25, 0.3) is 32.8 Å². The molecule has 6 nitrogen and oxygen atoms in total. The van der Waals surface area contributed by atoms with Crippen LogP contribution in [0, 0.1) is 5.92 Å². The van der Waals surface area contributed by atoms with Gasteiger partial charge in [0.2, 0.25) is 0 Å². The Kier molecular flexibility index (Phi) is 6.17. The molecule has 0 unspecified atom stereocenters. The van der Waals surface area contributed by atoms with Gasteiger partial charge in [-0.3, -0.25) is 4.79 Å². The van der Waals surface area contributed by atoms with Crippen molar-refractivity contribution in [3.8, 4) is 11.3 Å². The molecule has 0 saturated carbocycles. The number of rotatable bonds is 6. The highest BCUT2D eigenvalue weighted by Gasteiger charge is 2.21. The molecule has 5 aromatic rings. The van der Waals surface area contributed by atoms with E-state index in [0.717, 1.165) is 50.7 Å². The average molecular weight is 487 g/mol. The molecule has 3 heterocycles. The fourth-order valence-corrected chi connectivity index (χ4v) is 4.96. The topological polar surface area (TPSA) is 72.9 Å². The molecule has 2 aromatic carbocycles. The lowest BCUT2D eigenvalue weighted by Gasteiger charge is -2.13. The lowest BCUT2D eigenvalue weighted by Crippen LogP contribution is -2.22. The highest BCUT2D eigenvalue weighted by atomic mass is 35.5. The highest BCUT2D eigenvalue weighted by Crippen LogP contribution is 2.33. The van der Waals surface area contributed by atoms with Crippen molar-refractivity contribution in [2.24, 2.45) is 13.0 Å². The van der Waals surface area contributed by atoms with Gasteiger partial charge < -0.3 is 9.67 Å². The van der Waals surface area contributed by atoms with Crippen LogP contribution in [-0.2, 0) is 26.6 Å². The Balaban J connectivity index is 1.81. The summed E-state index contributed by atoms with van der Waals surface area (Å²) in [6.45, 7) is 4.72. The summed E-state index contributed by atoms with van der Waals surface area (Å²) in [7, 11) is 1.70. The van der Waals surface area contributed by atoms with Crippen molar-refractivity contribution in [1.29, 1.82) is 0 Å². The maximum atomic E-state index is 13.4. The number of fused-ring (bicyclic) bond motifs is 2. The van der Waals surface area contributed by atoms with Gasteiger partial charge in [-0.05, 0) is 40.5 Å². The van der Waals surface area contributed by atoms with Crippen LogP contribution in [0.4, 0.5) is 0 Å². The van der Waals surface area contributed by atoms with E-state index in [0.29, 0.717) is 23.0 Å². The second kappa shape index (κ2) is 9.29. The Hall–Kier alpha value is -3.48. The molecular formula is C28H27ClN4O2. The number of nitrogens with zero attached hydrogens (tertiary/aromatic N) is 4. The summed E-state index contributed by atoms with van der Waals surface area (Å²) in [6, 6.07) is 15.6. The van der Waals surface area contributed by atoms with Crippen LogP contribution in [-0.4, -0.2) is 24.4 Å². The monoisotopic (exact) mass is 486 g/mol. The van der Waals surface area contributed by atoms with Crippen molar-refractivity contribution in [2.45, 2.75) is 33.4 Å². The standard InChI is InChI=1S/C28H27ClN4O2/c1-17(2)11-24-23-15-33(14-20-13-30-27(29)22-10-5-4-9-21(20)22)26(25(23)28(35)32(3)31-24)19-8-6-7-18(12-19)16-34/h4-10,12-13,15,17,34H,11,14,16H2,1-3H3. The summed E-state index contributed by atoms with van der Waals surface area (Å²) in [4.78, 5) is 17.9. The molecular weight excluding hydrogens is 460 g/mol. The number of halogens is 1. The Bertz CT molecular complexity index is 1620. The zero-order chi connectivity index (χ0) is 24.7. The van der Waals surface area contributed by atoms with Crippen molar-refractivity contribution in [2.75, 3.05) is 0 Å². The minimum absolute atomic E-state index is 0.0730. The van der Waals surface area contributed by atoms with Crippen LogP contribution in [0.1, 0.15) is 30.7 Å². The Morgan fingerprint density at radius 1 is 1.06 bits per heavy atom. The molecule has 0 radical (unpaired) electrons. The van der Waals surface area contributed by atoms with Gasteiger partial charge in [-0.15, -0.1) is 0 Å². The molecule has 3 aromatic heterocycles.